The van der Waals surface area contributed by atoms with Crippen LogP contribution in [0.5, 0.6) is 0 Å². The first-order valence-electron chi connectivity index (χ1n) is 11.5. The second kappa shape index (κ2) is 11.1. The van der Waals surface area contributed by atoms with E-state index in [1.54, 1.807) is 24.5 Å². The van der Waals surface area contributed by atoms with Gasteiger partial charge in [0.05, 0.1) is 5.56 Å². The molecule has 1 heterocycles. The number of nitrogens with one attached hydrogen (secondary N) is 1. The molecule has 5 heteroatoms. The number of rotatable bonds is 8. The van der Waals surface area contributed by atoms with Crippen molar-refractivity contribution in [2.45, 2.75) is 40.2 Å². The highest BCUT2D eigenvalue weighted by Crippen LogP contribution is 2.39. The molecule has 1 aliphatic carbocycles. The molecule has 1 N–H and O–H groups in total. The highest BCUT2D eigenvalue weighted by atomic mass is 16.2. The Kier molecular flexibility index (Phi) is 8.20. The summed E-state index contributed by atoms with van der Waals surface area (Å²) in [7, 11) is 1.88. The summed E-state index contributed by atoms with van der Waals surface area (Å²) in [5.74, 6) is 1.50. The van der Waals surface area contributed by atoms with Crippen LogP contribution in [-0.2, 0) is 11.3 Å². The monoisotopic (exact) mass is 433 g/mol. The Morgan fingerprint density at radius 2 is 1.91 bits per heavy atom. The molecule has 0 saturated carbocycles. The fraction of sp³-hybridized carbons (Fsp3) is 0.444. The van der Waals surface area contributed by atoms with Gasteiger partial charge in [-0.25, -0.2) is 0 Å². The number of hydrogen-bond acceptors (Lipinski definition) is 3. The van der Waals surface area contributed by atoms with E-state index in [0.29, 0.717) is 36.9 Å². The number of hydrogen-bond donors (Lipinski definition) is 1. The Labute approximate surface area is 191 Å². The second-order valence-corrected chi connectivity index (χ2v) is 9.31. The molecule has 5 nitrogen and oxygen atoms in total. The summed E-state index contributed by atoms with van der Waals surface area (Å²) >= 11 is 0. The van der Waals surface area contributed by atoms with E-state index in [0.717, 1.165) is 12.0 Å². The van der Waals surface area contributed by atoms with Gasteiger partial charge in [0.15, 0.2) is 0 Å². The van der Waals surface area contributed by atoms with Crippen molar-refractivity contribution in [1.29, 1.82) is 0 Å². The van der Waals surface area contributed by atoms with Gasteiger partial charge >= 0.3 is 0 Å². The first kappa shape index (κ1) is 23.7. The maximum Gasteiger partial charge on any atom is 0.252 e. The summed E-state index contributed by atoms with van der Waals surface area (Å²) in [6.07, 6.45) is 7.04. The van der Waals surface area contributed by atoms with Gasteiger partial charge in [-0.2, -0.15) is 0 Å². The highest BCUT2D eigenvalue weighted by Gasteiger charge is 2.33. The molecule has 1 aromatic heterocycles. The predicted octanol–water partition coefficient (Wildman–Crippen LogP) is 4.71. The smallest absolute Gasteiger partial charge is 0.252 e. The van der Waals surface area contributed by atoms with E-state index in [4.69, 9.17) is 0 Å². The standard InChI is InChI=1S/C27H35N3O2/c1-19(2)25-14-23(15-26(31)30(4)18-21-9-6-5-7-10-21)20(3)13-24(25)17-29-27(32)22-11-8-12-28-16-22/h5-13,16,19,23-25H,14-15,17-18H2,1-4H3,(H,29,32)/t23-,24-,25-/m0/s1. The molecule has 0 unspecified atom stereocenters. The van der Waals surface area contributed by atoms with E-state index >= 15 is 0 Å². The highest BCUT2D eigenvalue weighted by molar-refractivity contribution is 5.93. The first-order valence-corrected chi connectivity index (χ1v) is 11.5. The fourth-order valence-corrected chi connectivity index (χ4v) is 4.63. The molecule has 1 aromatic carbocycles. The second-order valence-electron chi connectivity index (χ2n) is 9.31. The van der Waals surface area contributed by atoms with Crippen LogP contribution in [0.25, 0.3) is 0 Å². The van der Waals surface area contributed by atoms with Gasteiger partial charge in [-0.3, -0.25) is 14.6 Å². The van der Waals surface area contributed by atoms with Gasteiger partial charge in [0, 0.05) is 39.0 Å². The minimum Gasteiger partial charge on any atom is -0.351 e. The van der Waals surface area contributed by atoms with E-state index < -0.39 is 0 Å². The normalized spacial score (nSPS) is 20.5. The quantitative estimate of drug-likeness (QED) is 0.613. The van der Waals surface area contributed by atoms with Gasteiger partial charge in [-0.15, -0.1) is 0 Å². The number of nitrogens with zero attached hydrogens (tertiary/aromatic N) is 2. The van der Waals surface area contributed by atoms with Crippen LogP contribution >= 0.6 is 0 Å². The molecule has 2 amide bonds. The maximum atomic E-state index is 12.9. The van der Waals surface area contributed by atoms with E-state index in [1.165, 1.54) is 5.57 Å². The first-order chi connectivity index (χ1) is 15.3. The van der Waals surface area contributed by atoms with Gasteiger partial charge in [-0.05, 0) is 54.7 Å². The number of amides is 2. The number of pyridine rings is 1. The Morgan fingerprint density at radius 1 is 1.16 bits per heavy atom. The zero-order valence-corrected chi connectivity index (χ0v) is 19.6. The Balaban J connectivity index is 1.61. The molecule has 2 aromatic rings. The molecule has 3 atom stereocenters. The van der Waals surface area contributed by atoms with Crippen molar-refractivity contribution >= 4 is 11.8 Å². The molecule has 32 heavy (non-hydrogen) atoms. The number of benzene rings is 1. The van der Waals surface area contributed by atoms with Crippen molar-refractivity contribution in [2.75, 3.05) is 13.6 Å². The van der Waals surface area contributed by atoms with Gasteiger partial charge in [0.2, 0.25) is 5.91 Å². The largest absolute Gasteiger partial charge is 0.351 e. The van der Waals surface area contributed by atoms with Crippen molar-refractivity contribution in [3.8, 4) is 0 Å². The van der Waals surface area contributed by atoms with Crippen LogP contribution in [0.1, 0.15) is 49.5 Å². The third-order valence-electron chi connectivity index (χ3n) is 6.62. The van der Waals surface area contributed by atoms with Gasteiger partial charge in [0.1, 0.15) is 0 Å². The summed E-state index contributed by atoms with van der Waals surface area (Å²) in [6, 6.07) is 13.6. The Morgan fingerprint density at radius 3 is 2.56 bits per heavy atom. The van der Waals surface area contributed by atoms with E-state index in [2.05, 4.69) is 49.3 Å². The molecular weight excluding hydrogens is 398 g/mol. The van der Waals surface area contributed by atoms with Crippen molar-refractivity contribution in [3.63, 3.8) is 0 Å². The van der Waals surface area contributed by atoms with Crippen LogP contribution in [0.4, 0.5) is 0 Å². The number of carbonyl (C=O) groups excluding carboxylic acids is 2. The summed E-state index contributed by atoms with van der Waals surface area (Å²) < 4.78 is 0. The lowest BCUT2D eigenvalue weighted by Gasteiger charge is -2.37. The number of carbonyl (C=O) groups is 2. The molecule has 0 radical (unpaired) electrons. The lowest BCUT2D eigenvalue weighted by atomic mass is 9.69. The minimum absolute atomic E-state index is 0.0912. The summed E-state index contributed by atoms with van der Waals surface area (Å²) in [5, 5.41) is 3.08. The predicted molar refractivity (Wildman–Crippen MR) is 128 cm³/mol. The lowest BCUT2D eigenvalue weighted by Crippen LogP contribution is -2.38. The molecule has 0 fully saturated rings. The Bertz CT molecular complexity index is 924. The topological polar surface area (TPSA) is 62.3 Å². The molecular formula is C27H35N3O2. The van der Waals surface area contributed by atoms with Crippen molar-refractivity contribution in [3.05, 3.63) is 77.6 Å². The number of allylic oxidation sites excluding steroid dienone is 1. The van der Waals surface area contributed by atoms with Crippen LogP contribution in [0.2, 0.25) is 0 Å². The van der Waals surface area contributed by atoms with Crippen molar-refractivity contribution < 1.29 is 9.59 Å². The Hall–Kier alpha value is -2.95. The van der Waals surface area contributed by atoms with E-state index in [9.17, 15) is 9.59 Å². The summed E-state index contributed by atoms with van der Waals surface area (Å²) in [4.78, 5) is 31.2. The van der Waals surface area contributed by atoms with Crippen LogP contribution in [0.3, 0.4) is 0 Å². The van der Waals surface area contributed by atoms with Gasteiger partial charge in [0.25, 0.3) is 5.91 Å². The third-order valence-corrected chi connectivity index (χ3v) is 6.62. The average molecular weight is 434 g/mol. The van der Waals surface area contributed by atoms with Gasteiger partial charge < -0.3 is 10.2 Å². The molecule has 1 aliphatic rings. The van der Waals surface area contributed by atoms with Crippen LogP contribution in [-0.4, -0.2) is 35.3 Å². The SMILES string of the molecule is CC1=C[C@@H](CNC(=O)c2cccnc2)[C@H](C(C)C)C[C@H]1CC(=O)N(C)Cc1ccccc1. The minimum atomic E-state index is -0.0912. The average Bonchev–Trinajstić information content (AvgIpc) is 2.79. The molecule has 0 bridgehead atoms. The lowest BCUT2D eigenvalue weighted by molar-refractivity contribution is -0.131. The van der Waals surface area contributed by atoms with Crippen LogP contribution < -0.4 is 5.32 Å². The third kappa shape index (κ3) is 6.28. The molecule has 170 valence electrons. The van der Waals surface area contributed by atoms with Gasteiger partial charge in [-0.1, -0.05) is 55.8 Å². The molecule has 0 spiro atoms. The fourth-order valence-electron chi connectivity index (χ4n) is 4.63. The van der Waals surface area contributed by atoms with Crippen molar-refractivity contribution in [2.24, 2.45) is 23.7 Å². The number of aromatic nitrogens is 1. The molecule has 3 rings (SSSR count). The van der Waals surface area contributed by atoms with Crippen LogP contribution in [0, 0.1) is 23.7 Å². The van der Waals surface area contributed by atoms with Crippen molar-refractivity contribution in [1.82, 2.24) is 15.2 Å². The van der Waals surface area contributed by atoms with E-state index in [-0.39, 0.29) is 23.7 Å². The van der Waals surface area contributed by atoms with Crippen LogP contribution in [0.15, 0.2) is 66.5 Å². The molecule has 0 saturated heterocycles. The molecule has 0 aliphatic heterocycles. The summed E-state index contributed by atoms with van der Waals surface area (Å²) in [6.45, 7) is 7.82. The zero-order chi connectivity index (χ0) is 23.1. The van der Waals surface area contributed by atoms with E-state index in [1.807, 2.05) is 30.1 Å². The summed E-state index contributed by atoms with van der Waals surface area (Å²) in [5.41, 5.74) is 2.97. The zero-order valence-electron chi connectivity index (χ0n) is 19.6. The maximum absolute atomic E-state index is 12.9.